The van der Waals surface area contributed by atoms with Crippen LogP contribution in [0.3, 0.4) is 0 Å². The Hall–Kier alpha value is -4.26. The molecule has 34 heavy (non-hydrogen) atoms. The van der Waals surface area contributed by atoms with Crippen molar-refractivity contribution < 1.29 is 23.8 Å². The predicted molar refractivity (Wildman–Crippen MR) is 131 cm³/mol. The average molecular weight is 459 g/mol. The number of para-hydroxylation sites is 1. The summed E-state index contributed by atoms with van der Waals surface area (Å²) in [7, 11) is 4.61. The third kappa shape index (κ3) is 3.96. The Labute approximate surface area is 198 Å². The second-order valence-corrected chi connectivity index (χ2v) is 7.52. The van der Waals surface area contributed by atoms with Gasteiger partial charge in [0.25, 0.3) is 11.8 Å². The van der Waals surface area contributed by atoms with Crippen LogP contribution in [0.25, 0.3) is 5.57 Å². The monoisotopic (exact) mass is 458 g/mol. The lowest BCUT2D eigenvalue weighted by molar-refractivity contribution is -0.120. The van der Waals surface area contributed by atoms with Gasteiger partial charge in [-0.05, 0) is 48.9 Å². The van der Waals surface area contributed by atoms with Gasteiger partial charge in [0, 0.05) is 18.3 Å². The standard InChI is InChI=1S/C27H26N2O5/c1-5-28(19-9-7-6-8-10-19)25-24(18-11-13-20(32-2)14-12-18)26(30)29(27(25)31)22-16-15-21(33-3)17-23(22)34-4/h6-17H,5H2,1-4H3. The van der Waals surface area contributed by atoms with Crippen molar-refractivity contribution in [2.24, 2.45) is 0 Å². The molecule has 3 aromatic carbocycles. The van der Waals surface area contributed by atoms with Crippen molar-refractivity contribution in [1.29, 1.82) is 0 Å². The summed E-state index contributed by atoms with van der Waals surface area (Å²) in [5.41, 5.74) is 2.41. The minimum absolute atomic E-state index is 0.307. The smallest absolute Gasteiger partial charge is 0.282 e. The number of rotatable bonds is 8. The van der Waals surface area contributed by atoms with E-state index in [9.17, 15) is 9.59 Å². The first-order valence-corrected chi connectivity index (χ1v) is 10.9. The molecule has 0 unspecified atom stereocenters. The molecule has 0 atom stereocenters. The van der Waals surface area contributed by atoms with E-state index in [1.807, 2.05) is 42.2 Å². The molecule has 1 heterocycles. The summed E-state index contributed by atoms with van der Waals surface area (Å²) in [6.07, 6.45) is 0. The van der Waals surface area contributed by atoms with Gasteiger partial charge in [0.2, 0.25) is 0 Å². The second-order valence-electron chi connectivity index (χ2n) is 7.52. The zero-order valence-electron chi connectivity index (χ0n) is 19.6. The maximum absolute atomic E-state index is 13.9. The molecule has 0 radical (unpaired) electrons. The summed E-state index contributed by atoms with van der Waals surface area (Å²) in [6, 6.07) is 21.6. The number of anilines is 2. The van der Waals surface area contributed by atoms with Gasteiger partial charge in [-0.1, -0.05) is 30.3 Å². The predicted octanol–water partition coefficient (Wildman–Crippen LogP) is 4.52. The van der Waals surface area contributed by atoms with Gasteiger partial charge in [0.05, 0.1) is 32.6 Å². The van der Waals surface area contributed by atoms with Gasteiger partial charge in [-0.2, -0.15) is 0 Å². The van der Waals surface area contributed by atoms with E-state index in [4.69, 9.17) is 14.2 Å². The van der Waals surface area contributed by atoms with Crippen molar-refractivity contribution in [3.8, 4) is 17.2 Å². The Bertz CT molecular complexity index is 1240. The highest BCUT2D eigenvalue weighted by Crippen LogP contribution is 2.41. The molecule has 0 aliphatic carbocycles. The fourth-order valence-electron chi connectivity index (χ4n) is 4.05. The lowest BCUT2D eigenvalue weighted by Crippen LogP contribution is -2.35. The van der Waals surface area contributed by atoms with E-state index >= 15 is 0 Å². The van der Waals surface area contributed by atoms with Crippen molar-refractivity contribution in [3.05, 3.63) is 84.1 Å². The van der Waals surface area contributed by atoms with Crippen LogP contribution in [-0.2, 0) is 9.59 Å². The molecule has 7 heteroatoms. The van der Waals surface area contributed by atoms with Crippen LogP contribution in [0.2, 0.25) is 0 Å². The first-order chi connectivity index (χ1) is 16.5. The zero-order valence-corrected chi connectivity index (χ0v) is 19.6. The van der Waals surface area contributed by atoms with Crippen LogP contribution in [0.1, 0.15) is 12.5 Å². The van der Waals surface area contributed by atoms with Crippen LogP contribution in [0.4, 0.5) is 11.4 Å². The van der Waals surface area contributed by atoms with Gasteiger partial charge in [0.15, 0.2) is 0 Å². The van der Waals surface area contributed by atoms with Gasteiger partial charge in [-0.25, -0.2) is 4.90 Å². The molecule has 0 saturated heterocycles. The molecule has 0 spiro atoms. The maximum atomic E-state index is 13.9. The van der Waals surface area contributed by atoms with Gasteiger partial charge < -0.3 is 19.1 Å². The quantitative estimate of drug-likeness (QED) is 0.462. The minimum Gasteiger partial charge on any atom is -0.497 e. The van der Waals surface area contributed by atoms with Crippen LogP contribution in [0.5, 0.6) is 17.2 Å². The van der Waals surface area contributed by atoms with E-state index in [1.165, 1.54) is 12.0 Å². The molecule has 1 aliphatic rings. The number of hydrogen-bond donors (Lipinski definition) is 0. The molecule has 4 rings (SSSR count). The summed E-state index contributed by atoms with van der Waals surface area (Å²) in [5, 5.41) is 0. The Kier molecular flexibility index (Phi) is 6.54. The number of hydrogen-bond acceptors (Lipinski definition) is 6. The minimum atomic E-state index is -0.428. The molecule has 0 N–H and O–H groups in total. The molecule has 0 bridgehead atoms. The number of benzene rings is 3. The number of methoxy groups -OCH3 is 3. The molecule has 2 amide bonds. The number of carbonyl (C=O) groups excluding carboxylic acids is 2. The molecule has 7 nitrogen and oxygen atoms in total. The van der Waals surface area contributed by atoms with Gasteiger partial charge in [-0.15, -0.1) is 0 Å². The summed E-state index contributed by atoms with van der Waals surface area (Å²) in [5.74, 6) is 0.724. The molecule has 0 aromatic heterocycles. The van der Waals surface area contributed by atoms with E-state index in [1.54, 1.807) is 56.7 Å². The maximum Gasteiger partial charge on any atom is 0.282 e. The van der Waals surface area contributed by atoms with Crippen molar-refractivity contribution in [3.63, 3.8) is 0 Å². The highest BCUT2D eigenvalue weighted by atomic mass is 16.5. The number of carbonyl (C=O) groups is 2. The molecule has 3 aromatic rings. The van der Waals surface area contributed by atoms with E-state index in [-0.39, 0.29) is 0 Å². The zero-order chi connectivity index (χ0) is 24.2. The lowest BCUT2D eigenvalue weighted by atomic mass is 10.0. The highest BCUT2D eigenvalue weighted by Gasteiger charge is 2.43. The average Bonchev–Trinajstić information content (AvgIpc) is 3.14. The van der Waals surface area contributed by atoms with Crippen LogP contribution in [0.15, 0.2) is 78.5 Å². The Morgan fingerprint density at radius 1 is 0.765 bits per heavy atom. The number of imide groups is 1. The van der Waals surface area contributed by atoms with Crippen molar-refractivity contribution in [2.75, 3.05) is 37.7 Å². The summed E-state index contributed by atoms with van der Waals surface area (Å²) >= 11 is 0. The Morgan fingerprint density at radius 2 is 1.41 bits per heavy atom. The van der Waals surface area contributed by atoms with Crippen LogP contribution >= 0.6 is 0 Å². The third-order valence-corrected chi connectivity index (χ3v) is 5.72. The van der Waals surface area contributed by atoms with Gasteiger partial charge >= 0.3 is 0 Å². The summed E-state index contributed by atoms with van der Waals surface area (Å²) in [4.78, 5) is 30.8. The molecule has 174 valence electrons. The fraction of sp³-hybridized carbons (Fsp3) is 0.185. The lowest BCUT2D eigenvalue weighted by Gasteiger charge is -2.25. The van der Waals surface area contributed by atoms with Crippen molar-refractivity contribution in [2.45, 2.75) is 6.92 Å². The van der Waals surface area contributed by atoms with E-state index in [0.717, 1.165) is 5.69 Å². The van der Waals surface area contributed by atoms with Crippen LogP contribution in [-0.4, -0.2) is 39.7 Å². The highest BCUT2D eigenvalue weighted by molar-refractivity contribution is 6.46. The normalized spacial score (nSPS) is 13.4. The molecule has 0 fully saturated rings. The summed E-state index contributed by atoms with van der Waals surface area (Å²) in [6.45, 7) is 2.44. The topological polar surface area (TPSA) is 68.3 Å². The molecular formula is C27H26N2O5. The number of nitrogens with zero attached hydrogens (tertiary/aromatic N) is 2. The molecule has 0 saturated carbocycles. The number of likely N-dealkylation sites (N-methyl/N-ethyl adjacent to an activating group) is 1. The van der Waals surface area contributed by atoms with Crippen molar-refractivity contribution >= 4 is 28.8 Å². The van der Waals surface area contributed by atoms with Gasteiger partial charge in [-0.3, -0.25) is 9.59 Å². The van der Waals surface area contributed by atoms with Crippen molar-refractivity contribution in [1.82, 2.24) is 0 Å². The fourth-order valence-corrected chi connectivity index (χ4v) is 4.05. The van der Waals surface area contributed by atoms with Crippen LogP contribution < -0.4 is 24.0 Å². The van der Waals surface area contributed by atoms with E-state index in [0.29, 0.717) is 46.3 Å². The second kappa shape index (κ2) is 9.70. The first kappa shape index (κ1) is 22.9. The Balaban J connectivity index is 1.90. The van der Waals surface area contributed by atoms with Crippen LogP contribution in [0, 0.1) is 0 Å². The third-order valence-electron chi connectivity index (χ3n) is 5.72. The van der Waals surface area contributed by atoms with E-state index < -0.39 is 11.8 Å². The number of amides is 2. The molecule has 1 aliphatic heterocycles. The van der Waals surface area contributed by atoms with Gasteiger partial charge in [0.1, 0.15) is 22.9 Å². The Morgan fingerprint density at radius 3 is 2.00 bits per heavy atom. The SMILES string of the molecule is CCN(C1=C(c2ccc(OC)cc2)C(=O)N(c2ccc(OC)cc2OC)C1=O)c1ccccc1. The summed E-state index contributed by atoms with van der Waals surface area (Å²) < 4.78 is 16.0. The molecular weight excluding hydrogens is 432 g/mol. The largest absolute Gasteiger partial charge is 0.497 e. The number of ether oxygens (including phenoxy) is 3. The van der Waals surface area contributed by atoms with E-state index in [2.05, 4.69) is 0 Å². The first-order valence-electron chi connectivity index (χ1n) is 10.9.